The molecule has 7 heteroatoms. The van der Waals surface area contributed by atoms with Crippen molar-refractivity contribution in [2.24, 2.45) is 0 Å². The van der Waals surface area contributed by atoms with E-state index in [2.05, 4.69) is 19.7 Å². The molecule has 1 aromatic carbocycles. The van der Waals surface area contributed by atoms with Crippen LogP contribution in [0.4, 0.5) is 5.69 Å². The van der Waals surface area contributed by atoms with Crippen molar-refractivity contribution in [3.05, 3.63) is 55.0 Å². The van der Waals surface area contributed by atoms with Gasteiger partial charge in [0.25, 0.3) is 10.0 Å². The van der Waals surface area contributed by atoms with Gasteiger partial charge in [-0.05, 0) is 35.7 Å². The molecule has 0 atom stereocenters. The van der Waals surface area contributed by atoms with Gasteiger partial charge in [0.1, 0.15) is 5.65 Å². The lowest BCUT2D eigenvalue weighted by Gasteiger charge is -2.07. The molecule has 4 rings (SSSR count). The van der Waals surface area contributed by atoms with Crippen LogP contribution in [0.25, 0.3) is 21.9 Å². The number of pyridine rings is 1. The Balaban J connectivity index is 1.77. The molecule has 0 amide bonds. The van der Waals surface area contributed by atoms with E-state index in [4.69, 9.17) is 0 Å². The Morgan fingerprint density at radius 3 is 2.91 bits per heavy atom. The van der Waals surface area contributed by atoms with Crippen molar-refractivity contribution in [1.29, 1.82) is 0 Å². The lowest BCUT2D eigenvalue weighted by Crippen LogP contribution is -2.12. The van der Waals surface area contributed by atoms with E-state index < -0.39 is 10.0 Å². The van der Waals surface area contributed by atoms with Gasteiger partial charge in [-0.25, -0.2) is 13.4 Å². The van der Waals surface area contributed by atoms with Gasteiger partial charge in [0.15, 0.2) is 0 Å². The van der Waals surface area contributed by atoms with E-state index in [9.17, 15) is 8.42 Å². The maximum Gasteiger partial charge on any atom is 0.262 e. The van der Waals surface area contributed by atoms with E-state index in [-0.39, 0.29) is 4.90 Å². The Morgan fingerprint density at radius 1 is 1.09 bits per heavy atom. The molecule has 3 aromatic heterocycles. The molecule has 4 aromatic rings. The molecule has 0 radical (unpaired) electrons. The van der Waals surface area contributed by atoms with Crippen molar-refractivity contribution in [1.82, 2.24) is 15.0 Å². The number of benzene rings is 1. The van der Waals surface area contributed by atoms with Gasteiger partial charge in [-0.2, -0.15) is 0 Å². The van der Waals surface area contributed by atoms with Crippen LogP contribution in [0.1, 0.15) is 0 Å². The van der Waals surface area contributed by atoms with Crippen LogP contribution in [0, 0.1) is 0 Å². The molecular formula is C15H12N4O2S. The minimum Gasteiger partial charge on any atom is -0.361 e. The van der Waals surface area contributed by atoms with Gasteiger partial charge in [0, 0.05) is 29.5 Å². The van der Waals surface area contributed by atoms with Crippen molar-refractivity contribution in [3.63, 3.8) is 0 Å². The van der Waals surface area contributed by atoms with Crippen LogP contribution in [0.5, 0.6) is 0 Å². The Bertz CT molecular complexity index is 1080. The highest BCUT2D eigenvalue weighted by molar-refractivity contribution is 7.92. The summed E-state index contributed by atoms with van der Waals surface area (Å²) in [6.07, 6.45) is 5.03. The average Bonchev–Trinajstić information content (AvgIpc) is 3.13. The van der Waals surface area contributed by atoms with E-state index in [0.717, 1.165) is 16.3 Å². The molecule has 0 aliphatic heterocycles. The molecule has 6 nitrogen and oxygen atoms in total. The first kappa shape index (κ1) is 12.9. The molecule has 0 saturated carbocycles. The van der Waals surface area contributed by atoms with Gasteiger partial charge < -0.3 is 9.97 Å². The lowest BCUT2D eigenvalue weighted by atomic mass is 10.2. The van der Waals surface area contributed by atoms with Crippen LogP contribution in [0.3, 0.4) is 0 Å². The normalized spacial score (nSPS) is 12.0. The molecule has 0 saturated heterocycles. The second-order valence-electron chi connectivity index (χ2n) is 4.93. The number of H-pyrrole nitrogens is 2. The monoisotopic (exact) mass is 312 g/mol. The number of sulfonamides is 1. The molecule has 0 fully saturated rings. The fourth-order valence-corrected chi connectivity index (χ4v) is 3.53. The summed E-state index contributed by atoms with van der Waals surface area (Å²) in [5.41, 5.74) is 1.90. The Kier molecular flexibility index (Phi) is 2.70. The van der Waals surface area contributed by atoms with Gasteiger partial charge in [-0.1, -0.05) is 6.07 Å². The average molecular weight is 312 g/mol. The fourth-order valence-electron chi connectivity index (χ4n) is 2.44. The molecule has 3 N–H and O–H groups in total. The van der Waals surface area contributed by atoms with Crippen LogP contribution in [0.2, 0.25) is 0 Å². The van der Waals surface area contributed by atoms with Crippen LogP contribution in [0.15, 0.2) is 59.9 Å². The lowest BCUT2D eigenvalue weighted by molar-refractivity contribution is 0.601. The van der Waals surface area contributed by atoms with Gasteiger partial charge in [-0.3, -0.25) is 4.72 Å². The zero-order valence-corrected chi connectivity index (χ0v) is 12.2. The van der Waals surface area contributed by atoms with Crippen LogP contribution >= 0.6 is 0 Å². The van der Waals surface area contributed by atoms with Gasteiger partial charge in [0.05, 0.1) is 10.6 Å². The third-order valence-corrected chi connectivity index (χ3v) is 4.90. The summed E-state index contributed by atoms with van der Waals surface area (Å²) in [4.78, 5) is 10.3. The zero-order chi connectivity index (χ0) is 15.2. The maximum atomic E-state index is 12.5. The van der Waals surface area contributed by atoms with Crippen molar-refractivity contribution in [2.75, 3.05) is 4.72 Å². The summed E-state index contributed by atoms with van der Waals surface area (Å²) in [6, 6.07) is 10.4. The van der Waals surface area contributed by atoms with Crippen molar-refractivity contribution >= 4 is 37.6 Å². The number of rotatable bonds is 3. The maximum absolute atomic E-state index is 12.5. The molecule has 110 valence electrons. The molecule has 0 bridgehead atoms. The number of fused-ring (bicyclic) bond motifs is 2. The molecule has 3 heterocycles. The van der Waals surface area contributed by atoms with E-state index >= 15 is 0 Å². The standard InChI is InChI=1S/C15H12N4O2S/c20-22(21,11-4-3-10-5-7-16-13(10)8-11)19-14-9-18-15-12(14)2-1-6-17-15/h1-9,16,19H,(H,17,18). The van der Waals surface area contributed by atoms with E-state index in [1.807, 2.05) is 12.1 Å². The quantitative estimate of drug-likeness (QED) is 0.543. The first-order chi connectivity index (χ1) is 10.6. The summed E-state index contributed by atoms with van der Waals surface area (Å²) >= 11 is 0. The number of hydrogen-bond acceptors (Lipinski definition) is 3. The molecule has 0 unspecified atom stereocenters. The summed E-state index contributed by atoms with van der Waals surface area (Å²) < 4.78 is 27.7. The van der Waals surface area contributed by atoms with Gasteiger partial charge >= 0.3 is 0 Å². The molecule has 0 aliphatic carbocycles. The summed E-state index contributed by atoms with van der Waals surface area (Å²) in [7, 11) is -3.66. The number of aromatic amines is 2. The summed E-state index contributed by atoms with van der Waals surface area (Å²) in [5.74, 6) is 0. The van der Waals surface area contributed by atoms with E-state index in [1.54, 1.807) is 42.9 Å². The summed E-state index contributed by atoms with van der Waals surface area (Å²) in [5, 5.41) is 1.70. The highest BCUT2D eigenvalue weighted by Crippen LogP contribution is 2.25. The Morgan fingerprint density at radius 2 is 2.00 bits per heavy atom. The number of hydrogen-bond donors (Lipinski definition) is 3. The number of nitrogens with zero attached hydrogens (tertiary/aromatic N) is 1. The topological polar surface area (TPSA) is 90.6 Å². The SMILES string of the molecule is O=S(=O)(Nc1c[nH]c2ncccc12)c1ccc2cc[nH]c2c1. The van der Waals surface area contributed by atoms with Gasteiger partial charge in [-0.15, -0.1) is 0 Å². The third kappa shape index (κ3) is 2.03. The molecule has 22 heavy (non-hydrogen) atoms. The predicted molar refractivity (Wildman–Crippen MR) is 85.2 cm³/mol. The van der Waals surface area contributed by atoms with E-state index in [1.165, 1.54) is 0 Å². The minimum atomic E-state index is -3.66. The zero-order valence-electron chi connectivity index (χ0n) is 11.4. The smallest absolute Gasteiger partial charge is 0.262 e. The second kappa shape index (κ2) is 4.60. The second-order valence-corrected chi connectivity index (χ2v) is 6.62. The summed E-state index contributed by atoms with van der Waals surface area (Å²) in [6.45, 7) is 0. The van der Waals surface area contributed by atoms with Crippen LogP contribution in [-0.2, 0) is 10.0 Å². The van der Waals surface area contributed by atoms with Crippen molar-refractivity contribution in [2.45, 2.75) is 4.90 Å². The number of aromatic nitrogens is 3. The largest absolute Gasteiger partial charge is 0.361 e. The first-order valence-electron chi connectivity index (χ1n) is 6.65. The fraction of sp³-hybridized carbons (Fsp3) is 0. The Hall–Kier alpha value is -2.80. The minimum absolute atomic E-state index is 0.209. The Labute approximate surface area is 126 Å². The first-order valence-corrected chi connectivity index (χ1v) is 8.14. The highest BCUT2D eigenvalue weighted by atomic mass is 32.2. The van der Waals surface area contributed by atoms with Crippen molar-refractivity contribution < 1.29 is 8.42 Å². The van der Waals surface area contributed by atoms with Crippen molar-refractivity contribution in [3.8, 4) is 0 Å². The molecular weight excluding hydrogens is 300 g/mol. The molecule has 0 spiro atoms. The predicted octanol–water partition coefficient (Wildman–Crippen LogP) is 2.85. The van der Waals surface area contributed by atoms with Crippen LogP contribution < -0.4 is 4.72 Å². The highest BCUT2D eigenvalue weighted by Gasteiger charge is 2.17. The van der Waals surface area contributed by atoms with Gasteiger partial charge in [0.2, 0.25) is 0 Å². The number of anilines is 1. The number of nitrogens with one attached hydrogen (secondary N) is 3. The third-order valence-electron chi connectivity index (χ3n) is 3.53. The molecule has 0 aliphatic rings. The van der Waals surface area contributed by atoms with E-state index in [0.29, 0.717) is 11.3 Å². The van der Waals surface area contributed by atoms with Crippen LogP contribution in [-0.4, -0.2) is 23.4 Å².